The van der Waals surface area contributed by atoms with E-state index in [0.29, 0.717) is 24.9 Å². The lowest BCUT2D eigenvalue weighted by atomic mass is 10.2. The molecule has 0 aromatic carbocycles. The van der Waals surface area contributed by atoms with Crippen LogP contribution in [0.25, 0.3) is 10.8 Å². The lowest BCUT2D eigenvalue weighted by molar-refractivity contribution is 0.0948. The molecule has 2 aromatic heterocycles. The monoisotopic (exact) mass is 347 g/mol. The summed E-state index contributed by atoms with van der Waals surface area (Å²) in [6.07, 6.45) is 1.95. The molecule has 0 bridgehead atoms. The van der Waals surface area contributed by atoms with Crippen LogP contribution < -0.4 is 27.1 Å². The zero-order valence-electron chi connectivity index (χ0n) is 14.1. The fraction of sp³-hybridized carbons (Fsp3) is 0.375. The number of H-pyrrole nitrogens is 2. The zero-order valence-corrected chi connectivity index (χ0v) is 14.1. The Bertz CT molecular complexity index is 884. The van der Waals surface area contributed by atoms with Crippen molar-refractivity contribution in [2.24, 2.45) is 0 Å². The molecule has 2 rings (SSSR count). The zero-order chi connectivity index (χ0) is 18.4. The molecule has 2 aromatic rings. The summed E-state index contributed by atoms with van der Waals surface area (Å²) in [7, 11) is 0. The molecule has 3 amide bonds. The van der Waals surface area contributed by atoms with E-state index in [2.05, 4.69) is 25.9 Å². The summed E-state index contributed by atoms with van der Waals surface area (Å²) >= 11 is 0. The van der Waals surface area contributed by atoms with E-state index < -0.39 is 17.0 Å². The Morgan fingerprint density at radius 1 is 1.12 bits per heavy atom. The molecular formula is C16H21N5O4. The van der Waals surface area contributed by atoms with Gasteiger partial charge in [0.25, 0.3) is 17.0 Å². The van der Waals surface area contributed by atoms with E-state index in [1.165, 1.54) is 12.3 Å². The molecule has 0 aliphatic rings. The quantitative estimate of drug-likeness (QED) is 0.471. The Morgan fingerprint density at radius 2 is 1.84 bits per heavy atom. The van der Waals surface area contributed by atoms with Gasteiger partial charge < -0.3 is 25.9 Å². The predicted octanol–water partition coefficient (Wildman–Crippen LogP) is 0.0439. The molecule has 9 nitrogen and oxygen atoms in total. The highest BCUT2D eigenvalue weighted by Crippen LogP contribution is 2.05. The molecule has 0 aliphatic carbocycles. The van der Waals surface area contributed by atoms with Crippen molar-refractivity contribution in [3.8, 4) is 0 Å². The van der Waals surface area contributed by atoms with Gasteiger partial charge in [-0.1, -0.05) is 0 Å². The third kappa shape index (κ3) is 4.93. The summed E-state index contributed by atoms with van der Waals surface area (Å²) in [6, 6.07) is 2.80. The van der Waals surface area contributed by atoms with Gasteiger partial charge in [0.1, 0.15) is 11.1 Å². The second-order valence-corrected chi connectivity index (χ2v) is 5.81. The molecule has 134 valence electrons. The van der Waals surface area contributed by atoms with Crippen LogP contribution in [0, 0.1) is 0 Å². The minimum Gasteiger partial charge on any atom is -0.351 e. The maximum Gasteiger partial charge on any atom is 0.314 e. The lowest BCUT2D eigenvalue weighted by Crippen LogP contribution is -2.40. The topological polar surface area (TPSA) is 136 Å². The van der Waals surface area contributed by atoms with Crippen LogP contribution in [0.3, 0.4) is 0 Å². The molecule has 0 saturated heterocycles. The second-order valence-electron chi connectivity index (χ2n) is 5.81. The highest BCUT2D eigenvalue weighted by Gasteiger charge is 2.11. The van der Waals surface area contributed by atoms with Crippen molar-refractivity contribution in [2.45, 2.75) is 26.3 Å². The normalized spacial score (nSPS) is 10.7. The molecule has 0 atom stereocenters. The van der Waals surface area contributed by atoms with Gasteiger partial charge >= 0.3 is 6.03 Å². The second kappa shape index (κ2) is 8.13. The Balaban J connectivity index is 1.89. The van der Waals surface area contributed by atoms with Gasteiger partial charge in [0.2, 0.25) is 0 Å². The highest BCUT2D eigenvalue weighted by atomic mass is 16.2. The van der Waals surface area contributed by atoms with Crippen LogP contribution >= 0.6 is 0 Å². The van der Waals surface area contributed by atoms with Crippen molar-refractivity contribution in [1.82, 2.24) is 25.9 Å². The van der Waals surface area contributed by atoms with Crippen LogP contribution in [-0.4, -0.2) is 41.0 Å². The molecule has 0 saturated carbocycles. The van der Waals surface area contributed by atoms with Crippen molar-refractivity contribution in [2.75, 3.05) is 13.1 Å². The first-order chi connectivity index (χ1) is 11.9. The fourth-order valence-corrected chi connectivity index (χ4v) is 2.25. The van der Waals surface area contributed by atoms with Crippen molar-refractivity contribution in [1.29, 1.82) is 0 Å². The number of aromatic nitrogens is 2. The number of pyridine rings is 2. The molecule has 25 heavy (non-hydrogen) atoms. The van der Waals surface area contributed by atoms with E-state index >= 15 is 0 Å². The van der Waals surface area contributed by atoms with Crippen molar-refractivity contribution in [3.05, 3.63) is 44.7 Å². The Labute approximate surface area is 143 Å². The number of carbonyl (C=O) groups is 2. The summed E-state index contributed by atoms with van der Waals surface area (Å²) in [5, 5.41) is 8.39. The average molecular weight is 347 g/mol. The van der Waals surface area contributed by atoms with Crippen molar-refractivity contribution < 1.29 is 9.59 Å². The van der Waals surface area contributed by atoms with E-state index in [0.717, 1.165) is 0 Å². The number of hydrogen-bond acceptors (Lipinski definition) is 4. The largest absolute Gasteiger partial charge is 0.351 e. The lowest BCUT2D eigenvalue weighted by Gasteiger charge is -2.10. The number of amides is 3. The first-order valence-corrected chi connectivity index (χ1v) is 7.96. The van der Waals surface area contributed by atoms with Gasteiger partial charge in [-0.05, 0) is 37.8 Å². The maximum atomic E-state index is 12.1. The molecule has 0 radical (unpaired) electrons. The van der Waals surface area contributed by atoms with Crippen LogP contribution in [0.1, 0.15) is 30.8 Å². The van der Waals surface area contributed by atoms with Crippen LogP contribution in [0.2, 0.25) is 0 Å². The number of hydrogen-bond donors (Lipinski definition) is 5. The van der Waals surface area contributed by atoms with E-state index in [-0.39, 0.29) is 23.2 Å². The molecule has 2 heterocycles. The molecular weight excluding hydrogens is 326 g/mol. The predicted molar refractivity (Wildman–Crippen MR) is 93.8 cm³/mol. The summed E-state index contributed by atoms with van der Waals surface area (Å²) in [6.45, 7) is 4.45. The van der Waals surface area contributed by atoms with Gasteiger partial charge in [-0.2, -0.15) is 0 Å². The molecule has 5 N–H and O–H groups in total. The van der Waals surface area contributed by atoms with E-state index in [1.54, 1.807) is 6.07 Å². The first-order valence-electron chi connectivity index (χ1n) is 7.96. The summed E-state index contributed by atoms with van der Waals surface area (Å²) in [5.41, 5.74) is -1.04. The SMILES string of the molecule is CC(C)NC(=O)NCCCNC(=O)c1cc2cc[nH]c(=O)c2c(=O)[nH]1. The third-order valence-electron chi connectivity index (χ3n) is 3.36. The molecule has 0 aliphatic heterocycles. The standard InChI is InChI=1S/C16H21N5O4/c1-9(2)20-16(25)19-6-3-5-17-13(22)11-8-10-4-7-18-14(23)12(10)15(24)21-11/h4,7-9H,3,5-6H2,1-2H3,(H,17,22)(H,18,23)(H,21,24)(H2,19,20,25). The molecule has 0 unspecified atom stereocenters. The van der Waals surface area contributed by atoms with Crippen molar-refractivity contribution in [3.63, 3.8) is 0 Å². The Hall–Kier alpha value is -3.10. The number of aromatic amines is 2. The van der Waals surface area contributed by atoms with Gasteiger partial charge in [-0.3, -0.25) is 14.4 Å². The molecule has 9 heteroatoms. The van der Waals surface area contributed by atoms with Crippen LogP contribution in [0.4, 0.5) is 4.79 Å². The molecule has 0 fully saturated rings. The Kier molecular flexibility index (Phi) is 5.93. The van der Waals surface area contributed by atoms with Crippen LogP contribution in [-0.2, 0) is 0 Å². The maximum absolute atomic E-state index is 12.1. The van der Waals surface area contributed by atoms with Crippen LogP contribution in [0.15, 0.2) is 27.9 Å². The first kappa shape index (κ1) is 18.2. The minimum atomic E-state index is -0.614. The number of nitrogens with one attached hydrogen (secondary N) is 5. The summed E-state index contributed by atoms with van der Waals surface area (Å²) < 4.78 is 0. The van der Waals surface area contributed by atoms with E-state index in [1.807, 2.05) is 13.8 Å². The number of carbonyl (C=O) groups excluding carboxylic acids is 2. The van der Waals surface area contributed by atoms with Crippen LogP contribution in [0.5, 0.6) is 0 Å². The van der Waals surface area contributed by atoms with E-state index in [4.69, 9.17) is 0 Å². The number of urea groups is 1. The summed E-state index contributed by atoms with van der Waals surface area (Å²) in [5.74, 6) is -0.453. The van der Waals surface area contributed by atoms with Gasteiger partial charge in [0.05, 0.1) is 0 Å². The van der Waals surface area contributed by atoms with Gasteiger partial charge in [-0.25, -0.2) is 4.79 Å². The highest BCUT2D eigenvalue weighted by molar-refractivity contribution is 5.96. The van der Waals surface area contributed by atoms with Gasteiger partial charge in [-0.15, -0.1) is 0 Å². The van der Waals surface area contributed by atoms with Crippen molar-refractivity contribution >= 4 is 22.7 Å². The molecule has 0 spiro atoms. The van der Waals surface area contributed by atoms with Gasteiger partial charge in [0.15, 0.2) is 0 Å². The third-order valence-corrected chi connectivity index (χ3v) is 3.36. The summed E-state index contributed by atoms with van der Waals surface area (Å²) in [4.78, 5) is 51.9. The van der Waals surface area contributed by atoms with Gasteiger partial charge in [0, 0.05) is 25.3 Å². The minimum absolute atomic E-state index is 0.0144. The number of rotatable bonds is 6. The smallest absolute Gasteiger partial charge is 0.314 e. The average Bonchev–Trinajstić information content (AvgIpc) is 2.53. The Morgan fingerprint density at radius 3 is 2.56 bits per heavy atom. The fourth-order valence-electron chi connectivity index (χ4n) is 2.25. The van der Waals surface area contributed by atoms with E-state index in [9.17, 15) is 19.2 Å². The number of fused-ring (bicyclic) bond motifs is 1.